The molecule has 9 heteroatoms. The molecule has 4 rings (SSSR count). The van der Waals surface area contributed by atoms with Gasteiger partial charge in [-0.15, -0.1) is 0 Å². The van der Waals surface area contributed by atoms with E-state index >= 15 is 0 Å². The van der Waals surface area contributed by atoms with Crippen LogP contribution in [-0.4, -0.2) is 70.9 Å². The molecule has 0 aliphatic carbocycles. The number of rotatable bonds is 5. The zero-order valence-corrected chi connectivity index (χ0v) is 18.8. The van der Waals surface area contributed by atoms with Crippen LogP contribution in [0.4, 0.5) is 15.0 Å². The molecule has 2 aliphatic heterocycles. The summed E-state index contributed by atoms with van der Waals surface area (Å²) in [4.78, 5) is 29.4. The van der Waals surface area contributed by atoms with E-state index in [0.29, 0.717) is 25.5 Å². The predicted molar refractivity (Wildman–Crippen MR) is 122 cm³/mol. The van der Waals surface area contributed by atoms with Crippen molar-refractivity contribution in [3.05, 3.63) is 65.4 Å². The normalized spacial score (nSPS) is 17.9. The Morgan fingerprint density at radius 2 is 2.03 bits per heavy atom. The first kappa shape index (κ1) is 21.9. The molecule has 168 valence electrons. The van der Waals surface area contributed by atoms with Crippen molar-refractivity contribution in [3.8, 4) is 0 Å². The minimum absolute atomic E-state index is 0.0725. The molecule has 3 heterocycles. The van der Waals surface area contributed by atoms with Crippen molar-refractivity contribution in [3.63, 3.8) is 0 Å². The topological polar surface area (TPSA) is 85.8 Å². The smallest absolute Gasteiger partial charge is 0.318 e. The molecule has 1 atom stereocenters. The molecule has 32 heavy (non-hydrogen) atoms. The van der Waals surface area contributed by atoms with Gasteiger partial charge in [-0.25, -0.2) is 19.2 Å². The molecule has 1 aromatic carbocycles. The van der Waals surface area contributed by atoms with E-state index in [0.717, 1.165) is 22.9 Å². The Labute approximate surface area is 187 Å². The molecule has 0 radical (unpaired) electrons. The van der Waals surface area contributed by atoms with Crippen LogP contribution in [0.2, 0.25) is 0 Å². The van der Waals surface area contributed by atoms with Gasteiger partial charge in [0.25, 0.3) is 0 Å². The van der Waals surface area contributed by atoms with Crippen LogP contribution in [0, 0.1) is 5.82 Å². The van der Waals surface area contributed by atoms with Gasteiger partial charge in [0.1, 0.15) is 12.2 Å². The van der Waals surface area contributed by atoms with Crippen molar-refractivity contribution in [2.24, 2.45) is 4.99 Å². The van der Waals surface area contributed by atoms with E-state index in [4.69, 9.17) is 0 Å². The summed E-state index contributed by atoms with van der Waals surface area (Å²) in [6, 6.07) is 9.66. The summed E-state index contributed by atoms with van der Waals surface area (Å²) >= 11 is 0. The van der Waals surface area contributed by atoms with Crippen molar-refractivity contribution in [2.75, 3.05) is 39.0 Å². The number of amides is 2. The fraction of sp³-hybridized carbons (Fsp3) is 0.391. The number of halogens is 1. The summed E-state index contributed by atoms with van der Waals surface area (Å²) < 4.78 is 14.0. The number of nitrogens with one attached hydrogen (secondary N) is 2. The largest absolute Gasteiger partial charge is 0.330 e. The molecule has 8 nitrogen and oxygen atoms in total. The number of nitrogens with zero attached hydrogens (tertiary/aromatic N) is 5. The van der Waals surface area contributed by atoms with Gasteiger partial charge in [-0.05, 0) is 39.1 Å². The quantitative estimate of drug-likeness (QED) is 0.751. The van der Waals surface area contributed by atoms with Gasteiger partial charge in [0.2, 0.25) is 0 Å². The van der Waals surface area contributed by atoms with E-state index in [1.807, 2.05) is 63.2 Å². The maximum Gasteiger partial charge on any atom is 0.318 e. The van der Waals surface area contributed by atoms with E-state index in [1.54, 1.807) is 0 Å². The third kappa shape index (κ3) is 4.20. The van der Waals surface area contributed by atoms with Crippen LogP contribution >= 0.6 is 0 Å². The lowest BCUT2D eigenvalue weighted by Gasteiger charge is -2.36. The molecule has 2 N–H and O–H groups in total. The number of carbonyl (C=O) groups is 1. The highest BCUT2D eigenvalue weighted by Crippen LogP contribution is 2.38. The number of benzene rings is 1. The molecule has 2 aromatic rings. The number of aliphatic imine (C=N–C) groups is 1. The van der Waals surface area contributed by atoms with Gasteiger partial charge in [0.05, 0.1) is 30.9 Å². The molecular weight excluding hydrogens is 409 g/mol. The Morgan fingerprint density at radius 3 is 2.72 bits per heavy atom. The summed E-state index contributed by atoms with van der Waals surface area (Å²) in [5, 5.41) is 6.17. The zero-order chi connectivity index (χ0) is 22.9. The molecule has 2 aliphatic rings. The molecule has 2 amide bonds. The van der Waals surface area contributed by atoms with Crippen LogP contribution in [-0.2, 0) is 0 Å². The minimum Gasteiger partial charge on any atom is -0.330 e. The Morgan fingerprint density at radius 1 is 1.28 bits per heavy atom. The molecule has 0 saturated heterocycles. The van der Waals surface area contributed by atoms with Gasteiger partial charge in [-0.2, -0.15) is 0 Å². The lowest BCUT2D eigenvalue weighted by molar-refractivity contribution is 0.165. The second-order valence-corrected chi connectivity index (χ2v) is 8.79. The molecule has 0 unspecified atom stereocenters. The van der Waals surface area contributed by atoms with Gasteiger partial charge in [-0.3, -0.25) is 4.99 Å². The van der Waals surface area contributed by atoms with E-state index in [1.165, 1.54) is 6.33 Å². The SMILES string of the molecule is CN(C)C[C@@H](NC(=O)N1CC2=C(CN=C2Nc2ncncc2F)C1(C)C)c1ccccc1. The third-order valence-corrected chi connectivity index (χ3v) is 5.97. The van der Waals surface area contributed by atoms with Crippen LogP contribution < -0.4 is 10.6 Å². The van der Waals surface area contributed by atoms with Crippen LogP contribution in [0.1, 0.15) is 25.5 Å². The summed E-state index contributed by atoms with van der Waals surface area (Å²) in [7, 11) is 3.97. The second kappa shape index (κ2) is 8.66. The zero-order valence-electron chi connectivity index (χ0n) is 18.8. The van der Waals surface area contributed by atoms with Crippen LogP contribution in [0.15, 0.2) is 59.0 Å². The van der Waals surface area contributed by atoms with Crippen molar-refractivity contribution in [2.45, 2.75) is 25.4 Å². The number of likely N-dealkylation sites (N-methyl/N-ethyl adjacent to an activating group) is 1. The van der Waals surface area contributed by atoms with Crippen molar-refractivity contribution in [1.29, 1.82) is 0 Å². The van der Waals surface area contributed by atoms with E-state index in [-0.39, 0.29) is 17.9 Å². The number of amidine groups is 1. The van der Waals surface area contributed by atoms with Gasteiger partial charge in [-0.1, -0.05) is 30.3 Å². The molecule has 0 bridgehead atoms. The standard InChI is InChI=1S/C23H28FN7O/c1-23(2)17-10-26-20(29-21-18(24)11-25-14-27-21)16(17)12-31(23)22(32)28-19(13-30(3)4)15-8-6-5-7-9-15/h5-9,11,14,19H,10,12-13H2,1-4H3,(H,28,32)(H,25,26,27,29)/t19-/m1/s1. The van der Waals surface area contributed by atoms with Gasteiger partial charge < -0.3 is 20.4 Å². The lowest BCUT2D eigenvalue weighted by atomic mass is 9.94. The van der Waals surface area contributed by atoms with Crippen LogP contribution in [0.25, 0.3) is 0 Å². The fourth-order valence-corrected chi connectivity index (χ4v) is 4.21. The number of aromatic nitrogens is 2. The summed E-state index contributed by atoms with van der Waals surface area (Å²) in [5.74, 6) is 0.0719. The lowest BCUT2D eigenvalue weighted by Crippen LogP contribution is -2.52. The van der Waals surface area contributed by atoms with Crippen LogP contribution in [0.3, 0.4) is 0 Å². The molecular formula is C23H28FN7O. The Kier molecular flexibility index (Phi) is 5.92. The highest BCUT2D eigenvalue weighted by molar-refractivity contribution is 6.11. The summed E-state index contributed by atoms with van der Waals surface area (Å²) in [6.07, 6.45) is 2.38. The summed E-state index contributed by atoms with van der Waals surface area (Å²) in [6.45, 7) is 5.56. The van der Waals surface area contributed by atoms with Gasteiger partial charge >= 0.3 is 6.03 Å². The first-order valence-electron chi connectivity index (χ1n) is 10.5. The molecule has 0 fully saturated rings. The van der Waals surface area contributed by atoms with Crippen LogP contribution in [0.5, 0.6) is 0 Å². The Balaban J connectivity index is 1.51. The minimum atomic E-state index is -0.550. The number of hydrogen-bond acceptors (Lipinski definition) is 6. The summed E-state index contributed by atoms with van der Waals surface area (Å²) in [5.41, 5.74) is 2.49. The van der Waals surface area contributed by atoms with Crippen molar-refractivity contribution < 1.29 is 9.18 Å². The predicted octanol–water partition coefficient (Wildman–Crippen LogP) is 2.84. The van der Waals surface area contributed by atoms with Gasteiger partial charge in [0, 0.05) is 12.1 Å². The second-order valence-electron chi connectivity index (χ2n) is 8.79. The Bertz CT molecular complexity index is 1070. The highest BCUT2D eigenvalue weighted by Gasteiger charge is 2.45. The average molecular weight is 438 g/mol. The number of anilines is 1. The maximum absolute atomic E-state index is 14.0. The third-order valence-electron chi connectivity index (χ3n) is 5.97. The van der Waals surface area contributed by atoms with E-state index < -0.39 is 11.4 Å². The number of hydrogen-bond donors (Lipinski definition) is 2. The van der Waals surface area contributed by atoms with E-state index in [2.05, 4.69) is 30.5 Å². The molecule has 1 aromatic heterocycles. The van der Waals surface area contributed by atoms with E-state index in [9.17, 15) is 9.18 Å². The maximum atomic E-state index is 14.0. The number of carbonyl (C=O) groups excluding carboxylic acids is 1. The monoisotopic (exact) mass is 437 g/mol. The first-order valence-corrected chi connectivity index (χ1v) is 10.5. The van der Waals surface area contributed by atoms with Crippen molar-refractivity contribution >= 4 is 17.7 Å². The fourth-order valence-electron chi connectivity index (χ4n) is 4.21. The Hall–Kier alpha value is -3.33. The highest BCUT2D eigenvalue weighted by atomic mass is 19.1. The first-order chi connectivity index (χ1) is 15.3. The molecule has 0 saturated carbocycles. The molecule has 0 spiro atoms. The average Bonchev–Trinajstić information content (AvgIpc) is 3.27. The van der Waals surface area contributed by atoms with Crippen molar-refractivity contribution in [1.82, 2.24) is 25.1 Å². The number of urea groups is 1. The van der Waals surface area contributed by atoms with Gasteiger partial charge in [0.15, 0.2) is 11.6 Å².